The Morgan fingerprint density at radius 3 is 2.60 bits per heavy atom. The molecule has 4 rings (SSSR count). The highest BCUT2D eigenvalue weighted by Gasteiger charge is 2.33. The lowest BCUT2D eigenvalue weighted by atomic mass is 10.1. The molecule has 0 aromatic carbocycles. The highest BCUT2D eigenvalue weighted by atomic mass is 19.1. The molecule has 2 aromatic heterocycles. The van der Waals surface area contributed by atoms with E-state index in [0.717, 1.165) is 32.4 Å². The fraction of sp³-hybridized carbons (Fsp3) is 0.500. The lowest BCUT2D eigenvalue weighted by Gasteiger charge is -2.24. The van der Waals surface area contributed by atoms with Crippen LogP contribution in [-0.4, -0.2) is 22.2 Å². The van der Waals surface area contributed by atoms with E-state index in [-0.39, 0.29) is 5.92 Å². The molecule has 0 amide bonds. The van der Waals surface area contributed by atoms with Gasteiger partial charge in [0.1, 0.15) is 0 Å². The molecule has 1 saturated carbocycles. The fourth-order valence-corrected chi connectivity index (χ4v) is 4.02. The summed E-state index contributed by atoms with van der Waals surface area (Å²) < 4.78 is 16.7. The van der Waals surface area contributed by atoms with Crippen LogP contribution in [0.1, 0.15) is 43.2 Å². The van der Waals surface area contributed by atoms with Gasteiger partial charge in [-0.2, -0.15) is 4.68 Å². The molecular formula is C18H22FN4O2. The normalized spacial score (nSPS) is 20.6. The topological polar surface area (TPSA) is 72.7 Å². The maximum Gasteiger partial charge on any atom is 0.354 e. The maximum atomic E-state index is 14.9. The van der Waals surface area contributed by atoms with Gasteiger partial charge in [-0.3, -0.25) is 9.20 Å². The molecule has 133 valence electrons. The van der Waals surface area contributed by atoms with Gasteiger partial charge in [-0.15, -0.1) is 0 Å². The van der Waals surface area contributed by atoms with Crippen LogP contribution in [0.15, 0.2) is 15.8 Å². The summed E-state index contributed by atoms with van der Waals surface area (Å²) in [6.45, 7) is 5.33. The predicted octanol–water partition coefficient (Wildman–Crippen LogP) is 1.55. The number of anilines is 1. The number of nitrogens with two attached hydrogens (primary N) is 1. The van der Waals surface area contributed by atoms with Crippen LogP contribution in [0.5, 0.6) is 0 Å². The third-order valence-electron chi connectivity index (χ3n) is 5.53. The van der Waals surface area contributed by atoms with Crippen molar-refractivity contribution in [3.05, 3.63) is 50.4 Å². The largest absolute Gasteiger partial charge is 0.369 e. The summed E-state index contributed by atoms with van der Waals surface area (Å²) in [7, 11) is 0. The number of hydrogen-bond donors (Lipinski definition) is 1. The van der Waals surface area contributed by atoms with Gasteiger partial charge in [-0.05, 0) is 44.4 Å². The number of nitrogens with zero attached hydrogens (tertiary/aromatic N) is 3. The van der Waals surface area contributed by atoms with Gasteiger partial charge in [0.05, 0.1) is 17.4 Å². The Kier molecular flexibility index (Phi) is 3.63. The Labute approximate surface area is 144 Å². The van der Waals surface area contributed by atoms with Crippen molar-refractivity contribution >= 4 is 11.2 Å². The van der Waals surface area contributed by atoms with Crippen LogP contribution in [0.25, 0.3) is 5.52 Å². The zero-order valence-electron chi connectivity index (χ0n) is 14.5. The van der Waals surface area contributed by atoms with Gasteiger partial charge in [0.25, 0.3) is 5.56 Å². The molecule has 2 aliphatic rings. The number of halogens is 1. The standard InChI is InChI=1S/C18H22FN4O2/c1-3-11-6-7-21(8-11)15-10(2)16-14(12-4-5-12)17(24)23(20)18(25)22(16)9-13(15)19/h3,9,11-12H,4-8,20H2,1-2H3/t11-/m1/s1. The van der Waals surface area contributed by atoms with Crippen LogP contribution < -0.4 is 22.0 Å². The third-order valence-corrected chi connectivity index (χ3v) is 5.53. The van der Waals surface area contributed by atoms with Crippen LogP contribution in [0.2, 0.25) is 0 Å². The van der Waals surface area contributed by atoms with Crippen molar-refractivity contribution in [2.24, 2.45) is 5.92 Å². The van der Waals surface area contributed by atoms with E-state index in [0.29, 0.717) is 32.9 Å². The Bertz CT molecular complexity index is 974. The average molecular weight is 345 g/mol. The highest BCUT2D eigenvalue weighted by molar-refractivity contribution is 5.72. The molecule has 3 heterocycles. The first kappa shape index (κ1) is 16.2. The first-order valence-corrected chi connectivity index (χ1v) is 8.74. The van der Waals surface area contributed by atoms with Gasteiger partial charge in [-0.1, -0.05) is 6.92 Å². The van der Waals surface area contributed by atoms with Gasteiger partial charge in [0, 0.05) is 24.2 Å². The van der Waals surface area contributed by atoms with E-state index in [4.69, 9.17) is 5.84 Å². The number of aromatic nitrogens is 2. The number of fused-ring (bicyclic) bond motifs is 1. The minimum Gasteiger partial charge on any atom is -0.369 e. The lowest BCUT2D eigenvalue weighted by Crippen LogP contribution is -2.44. The minimum absolute atomic E-state index is 0.102. The maximum absolute atomic E-state index is 14.9. The third kappa shape index (κ3) is 2.36. The first-order chi connectivity index (χ1) is 11.9. The Balaban J connectivity index is 2.01. The zero-order chi connectivity index (χ0) is 17.9. The predicted molar refractivity (Wildman–Crippen MR) is 95.0 cm³/mol. The quantitative estimate of drug-likeness (QED) is 0.857. The molecule has 1 aliphatic carbocycles. The number of pyridine rings is 1. The molecule has 1 radical (unpaired) electrons. The van der Waals surface area contributed by atoms with Gasteiger partial charge < -0.3 is 10.7 Å². The second kappa shape index (κ2) is 5.61. The molecule has 0 bridgehead atoms. The van der Waals surface area contributed by atoms with Crippen LogP contribution >= 0.6 is 0 Å². The van der Waals surface area contributed by atoms with Crippen molar-refractivity contribution in [3.63, 3.8) is 0 Å². The van der Waals surface area contributed by atoms with Crippen LogP contribution in [0.4, 0.5) is 10.1 Å². The van der Waals surface area contributed by atoms with E-state index in [9.17, 15) is 14.0 Å². The monoisotopic (exact) mass is 345 g/mol. The molecule has 1 aliphatic heterocycles. The van der Waals surface area contributed by atoms with E-state index >= 15 is 0 Å². The zero-order valence-corrected chi connectivity index (χ0v) is 14.5. The van der Waals surface area contributed by atoms with E-state index in [1.807, 2.05) is 11.8 Å². The minimum atomic E-state index is -0.709. The summed E-state index contributed by atoms with van der Waals surface area (Å²) in [6.07, 6.45) is 6.09. The summed E-state index contributed by atoms with van der Waals surface area (Å²) in [4.78, 5) is 27.0. The van der Waals surface area contributed by atoms with Gasteiger partial charge >= 0.3 is 5.69 Å². The molecule has 6 nitrogen and oxygen atoms in total. The van der Waals surface area contributed by atoms with Crippen LogP contribution in [-0.2, 0) is 0 Å². The van der Waals surface area contributed by atoms with Crippen LogP contribution in [0.3, 0.4) is 0 Å². The van der Waals surface area contributed by atoms with E-state index in [1.54, 1.807) is 6.92 Å². The lowest BCUT2D eigenvalue weighted by molar-refractivity contribution is 0.606. The molecule has 0 spiro atoms. The molecule has 1 saturated heterocycles. The Hall–Kier alpha value is -2.31. The van der Waals surface area contributed by atoms with Crippen molar-refractivity contribution in [2.45, 2.75) is 39.0 Å². The van der Waals surface area contributed by atoms with Crippen molar-refractivity contribution in [1.29, 1.82) is 0 Å². The second-order valence-electron chi connectivity index (χ2n) is 7.14. The molecule has 25 heavy (non-hydrogen) atoms. The number of rotatable bonds is 3. The summed E-state index contributed by atoms with van der Waals surface area (Å²) in [5.41, 5.74) is 1.04. The van der Waals surface area contributed by atoms with Crippen molar-refractivity contribution in [2.75, 3.05) is 23.8 Å². The summed E-state index contributed by atoms with van der Waals surface area (Å²) in [5, 5.41) is 0. The molecule has 0 unspecified atom stereocenters. The smallest absolute Gasteiger partial charge is 0.354 e. The molecular weight excluding hydrogens is 323 g/mol. The Morgan fingerprint density at radius 2 is 2.00 bits per heavy atom. The summed E-state index contributed by atoms with van der Waals surface area (Å²) >= 11 is 0. The van der Waals surface area contributed by atoms with E-state index in [2.05, 4.69) is 6.42 Å². The molecule has 2 N–H and O–H groups in total. The first-order valence-electron chi connectivity index (χ1n) is 8.74. The van der Waals surface area contributed by atoms with Gasteiger partial charge in [-0.25, -0.2) is 9.18 Å². The molecule has 2 aromatic rings. The van der Waals surface area contributed by atoms with Crippen molar-refractivity contribution < 1.29 is 4.39 Å². The average Bonchev–Trinajstić information content (AvgIpc) is 3.31. The summed E-state index contributed by atoms with van der Waals surface area (Å²) in [6, 6.07) is 0. The van der Waals surface area contributed by atoms with Crippen LogP contribution in [0, 0.1) is 25.1 Å². The van der Waals surface area contributed by atoms with Gasteiger partial charge in [0.2, 0.25) is 0 Å². The number of aryl methyl sites for hydroxylation is 1. The van der Waals surface area contributed by atoms with Gasteiger partial charge in [0.15, 0.2) is 5.82 Å². The van der Waals surface area contributed by atoms with E-state index in [1.165, 1.54) is 10.6 Å². The molecule has 2 fully saturated rings. The number of hydrogen-bond acceptors (Lipinski definition) is 4. The van der Waals surface area contributed by atoms with Crippen molar-refractivity contribution in [3.8, 4) is 0 Å². The fourth-order valence-electron chi connectivity index (χ4n) is 4.02. The van der Waals surface area contributed by atoms with Crippen molar-refractivity contribution in [1.82, 2.24) is 9.08 Å². The Morgan fingerprint density at radius 1 is 1.28 bits per heavy atom. The molecule has 7 heteroatoms. The SMILES string of the molecule is C[CH][C@@H]1CCN(c2c(F)cn3c(=O)n(N)c(=O)c(C4CC4)c3c2C)C1. The van der Waals surface area contributed by atoms with E-state index < -0.39 is 17.1 Å². The highest BCUT2D eigenvalue weighted by Crippen LogP contribution is 2.42. The molecule has 1 atom stereocenters. The summed E-state index contributed by atoms with van der Waals surface area (Å²) in [5.74, 6) is 5.72. The number of nitrogen functional groups attached to an aromatic ring is 1. The second-order valence-corrected chi connectivity index (χ2v) is 7.14.